The van der Waals surface area contributed by atoms with Gasteiger partial charge in [-0.3, -0.25) is 10.2 Å². The summed E-state index contributed by atoms with van der Waals surface area (Å²) in [5.41, 5.74) is 3.36. The van der Waals surface area contributed by atoms with Crippen LogP contribution in [0.3, 0.4) is 0 Å². The van der Waals surface area contributed by atoms with Crippen molar-refractivity contribution in [2.75, 3.05) is 10.3 Å². The molecular formula is C17H17N5O3. The quantitative estimate of drug-likeness (QED) is 0.653. The number of imide groups is 1. The number of amides is 2. The highest BCUT2D eigenvalue weighted by molar-refractivity contribution is 6.14. The Labute approximate surface area is 145 Å². The zero-order chi connectivity index (χ0) is 18.6. The number of anilines is 2. The van der Waals surface area contributed by atoms with Gasteiger partial charge in [-0.25, -0.2) is 9.69 Å². The minimum Gasteiger partial charge on any atom is -0.443 e. The minimum atomic E-state index is -0.714. The van der Waals surface area contributed by atoms with E-state index in [1.54, 1.807) is 51.1 Å². The van der Waals surface area contributed by atoms with Crippen molar-refractivity contribution < 1.29 is 14.3 Å². The highest BCUT2D eigenvalue weighted by atomic mass is 16.6. The minimum absolute atomic E-state index is 0.181. The molecule has 0 saturated heterocycles. The predicted octanol–water partition coefficient (Wildman–Crippen LogP) is 2.72. The molecule has 0 radical (unpaired) electrons. The van der Waals surface area contributed by atoms with Gasteiger partial charge in [0.2, 0.25) is 11.6 Å². The smallest absolute Gasteiger partial charge is 0.421 e. The molecule has 1 aliphatic rings. The number of rotatable bonds is 2. The first-order valence-electron chi connectivity index (χ1n) is 7.58. The van der Waals surface area contributed by atoms with Gasteiger partial charge in [-0.15, -0.1) is 0 Å². The maximum Gasteiger partial charge on any atom is 0.421 e. The maximum atomic E-state index is 12.3. The lowest BCUT2D eigenvalue weighted by molar-refractivity contribution is -0.118. The normalized spacial score (nSPS) is 13.2. The third-order valence-electron chi connectivity index (χ3n) is 3.26. The highest BCUT2D eigenvalue weighted by Crippen LogP contribution is 2.31. The Kier molecular flexibility index (Phi) is 5.04. The summed E-state index contributed by atoms with van der Waals surface area (Å²) in [5.74, 6) is -0.322. The molecule has 0 spiro atoms. The van der Waals surface area contributed by atoms with Crippen molar-refractivity contribution in [2.24, 2.45) is 5.10 Å². The fourth-order valence-electron chi connectivity index (χ4n) is 2.26. The van der Waals surface area contributed by atoms with Crippen LogP contribution in [-0.2, 0) is 16.0 Å². The largest absolute Gasteiger partial charge is 0.443 e. The van der Waals surface area contributed by atoms with Gasteiger partial charge in [-0.2, -0.15) is 15.6 Å². The number of nitrogens with one attached hydrogen (secondary N) is 1. The van der Waals surface area contributed by atoms with Gasteiger partial charge in [0.1, 0.15) is 17.7 Å². The average Bonchev–Trinajstić information content (AvgIpc) is 2.54. The molecule has 2 rings (SSSR count). The molecule has 0 aliphatic carbocycles. The van der Waals surface area contributed by atoms with E-state index >= 15 is 0 Å². The number of fused-ring (bicyclic) bond motifs is 1. The number of nitriles is 2. The first kappa shape index (κ1) is 18.0. The van der Waals surface area contributed by atoms with Crippen LogP contribution in [0.15, 0.2) is 23.3 Å². The number of hydrogen-bond acceptors (Lipinski definition) is 7. The first-order valence-corrected chi connectivity index (χ1v) is 7.58. The Morgan fingerprint density at radius 1 is 1.28 bits per heavy atom. The number of carbonyl (C=O) groups is 2. The molecule has 0 atom stereocenters. The molecule has 1 aliphatic heterocycles. The van der Waals surface area contributed by atoms with Gasteiger partial charge >= 0.3 is 6.09 Å². The van der Waals surface area contributed by atoms with Crippen LogP contribution >= 0.6 is 0 Å². The molecule has 0 unspecified atom stereocenters. The Morgan fingerprint density at radius 2 is 1.96 bits per heavy atom. The number of hydrazone groups is 1. The highest BCUT2D eigenvalue weighted by Gasteiger charge is 2.33. The average molecular weight is 339 g/mol. The van der Waals surface area contributed by atoms with E-state index in [2.05, 4.69) is 10.5 Å². The van der Waals surface area contributed by atoms with Crippen LogP contribution in [0.1, 0.15) is 32.8 Å². The molecule has 8 nitrogen and oxygen atoms in total. The fourth-order valence-corrected chi connectivity index (χ4v) is 2.26. The van der Waals surface area contributed by atoms with Crippen LogP contribution < -0.4 is 10.3 Å². The van der Waals surface area contributed by atoms with Crippen molar-refractivity contribution >= 4 is 29.1 Å². The molecule has 2 amide bonds. The van der Waals surface area contributed by atoms with Crippen LogP contribution in [0.25, 0.3) is 0 Å². The van der Waals surface area contributed by atoms with Crippen molar-refractivity contribution in [1.29, 1.82) is 10.5 Å². The molecule has 0 fully saturated rings. The molecule has 0 bridgehead atoms. The van der Waals surface area contributed by atoms with Crippen molar-refractivity contribution in [1.82, 2.24) is 0 Å². The van der Waals surface area contributed by atoms with E-state index in [4.69, 9.17) is 15.3 Å². The molecule has 0 saturated carbocycles. The summed E-state index contributed by atoms with van der Waals surface area (Å²) in [5, 5.41) is 21.0. The van der Waals surface area contributed by atoms with Crippen LogP contribution in [0.5, 0.6) is 0 Å². The van der Waals surface area contributed by atoms with Crippen LogP contribution in [-0.4, -0.2) is 23.3 Å². The van der Waals surface area contributed by atoms with Gasteiger partial charge < -0.3 is 4.74 Å². The Bertz CT molecular complexity index is 808. The van der Waals surface area contributed by atoms with Crippen molar-refractivity contribution in [2.45, 2.75) is 39.2 Å². The van der Waals surface area contributed by atoms with Crippen molar-refractivity contribution in [3.8, 4) is 12.1 Å². The number of hydrogen-bond donors (Lipinski definition) is 1. The lowest BCUT2D eigenvalue weighted by Gasteiger charge is -2.30. The van der Waals surface area contributed by atoms with Crippen molar-refractivity contribution in [3.05, 3.63) is 23.8 Å². The van der Waals surface area contributed by atoms with Gasteiger partial charge in [-0.05, 0) is 51.0 Å². The van der Waals surface area contributed by atoms with Crippen LogP contribution in [0, 0.1) is 22.7 Å². The van der Waals surface area contributed by atoms with E-state index in [9.17, 15) is 9.59 Å². The molecule has 1 aromatic carbocycles. The van der Waals surface area contributed by atoms with Gasteiger partial charge in [0, 0.05) is 6.42 Å². The zero-order valence-electron chi connectivity index (χ0n) is 14.2. The number of carbonyl (C=O) groups excluding carboxylic acids is 2. The maximum absolute atomic E-state index is 12.3. The summed E-state index contributed by atoms with van der Waals surface area (Å²) >= 11 is 0. The van der Waals surface area contributed by atoms with Gasteiger partial charge in [-0.1, -0.05) is 0 Å². The SMILES string of the molecule is CC(C)(C)OC(=O)N1C(=O)CCc2cc(NN=C(C#N)C#N)ccc21. The van der Waals surface area contributed by atoms with E-state index in [1.807, 2.05) is 0 Å². The Hall–Kier alpha value is -3.39. The zero-order valence-corrected chi connectivity index (χ0v) is 14.2. The number of aryl methyl sites for hydroxylation is 1. The van der Waals surface area contributed by atoms with E-state index < -0.39 is 11.7 Å². The number of ether oxygens (including phenoxy) is 1. The molecule has 25 heavy (non-hydrogen) atoms. The lowest BCUT2D eigenvalue weighted by atomic mass is 10.0. The van der Waals surface area contributed by atoms with Crippen LogP contribution in [0.2, 0.25) is 0 Å². The molecule has 1 N–H and O–H groups in total. The number of benzene rings is 1. The summed E-state index contributed by atoms with van der Waals surface area (Å²) in [7, 11) is 0. The molecule has 8 heteroatoms. The Balaban J connectivity index is 2.29. The monoisotopic (exact) mass is 339 g/mol. The fraction of sp³-hybridized carbons (Fsp3) is 0.353. The van der Waals surface area contributed by atoms with E-state index in [0.29, 0.717) is 17.8 Å². The van der Waals surface area contributed by atoms with E-state index in [0.717, 1.165) is 10.5 Å². The molecular weight excluding hydrogens is 322 g/mol. The molecule has 128 valence electrons. The van der Waals surface area contributed by atoms with Gasteiger partial charge in [0.05, 0.1) is 11.4 Å². The summed E-state index contributed by atoms with van der Waals surface area (Å²) in [4.78, 5) is 25.6. The topological polar surface area (TPSA) is 119 Å². The molecule has 1 aromatic rings. The van der Waals surface area contributed by atoms with Crippen LogP contribution in [0.4, 0.5) is 16.2 Å². The molecule has 0 aromatic heterocycles. The third-order valence-corrected chi connectivity index (χ3v) is 3.26. The molecule has 1 heterocycles. The summed E-state index contributed by atoms with van der Waals surface area (Å²) in [6.45, 7) is 5.19. The lowest BCUT2D eigenvalue weighted by Crippen LogP contribution is -2.43. The summed E-state index contributed by atoms with van der Waals surface area (Å²) < 4.78 is 5.30. The van der Waals surface area contributed by atoms with Gasteiger partial charge in [0.15, 0.2) is 0 Å². The standard InChI is InChI=1S/C17H17N5O3/c1-17(2,3)25-16(24)22-14-6-5-12(20-21-13(9-18)10-19)8-11(14)4-7-15(22)23/h5-6,8,20H,4,7H2,1-3H3. The Morgan fingerprint density at radius 3 is 2.56 bits per heavy atom. The first-order chi connectivity index (χ1) is 11.7. The second kappa shape index (κ2) is 7.02. The second-order valence-corrected chi connectivity index (χ2v) is 6.35. The summed E-state index contributed by atoms with van der Waals surface area (Å²) in [6, 6.07) is 8.22. The van der Waals surface area contributed by atoms with Crippen molar-refractivity contribution in [3.63, 3.8) is 0 Å². The van der Waals surface area contributed by atoms with E-state index in [-0.39, 0.29) is 18.0 Å². The number of nitrogens with zero attached hydrogens (tertiary/aromatic N) is 4. The van der Waals surface area contributed by atoms with Gasteiger partial charge in [0.25, 0.3) is 0 Å². The summed E-state index contributed by atoms with van der Waals surface area (Å²) in [6.07, 6.45) is -0.0650. The second-order valence-electron chi connectivity index (χ2n) is 6.35. The predicted molar refractivity (Wildman–Crippen MR) is 90.8 cm³/mol. The third kappa shape index (κ3) is 4.33. The van der Waals surface area contributed by atoms with E-state index in [1.165, 1.54) is 0 Å².